The van der Waals surface area contributed by atoms with Gasteiger partial charge in [-0.2, -0.15) is 0 Å². The second-order valence-electron chi connectivity index (χ2n) is 6.44. The molecule has 3 heterocycles. The van der Waals surface area contributed by atoms with Crippen molar-refractivity contribution < 1.29 is 4.42 Å². The molecule has 0 N–H and O–H groups in total. The number of rotatable bonds is 6. The van der Waals surface area contributed by atoms with Gasteiger partial charge in [0.1, 0.15) is 5.82 Å². The maximum Gasteiger partial charge on any atom is 0.332 e. The van der Waals surface area contributed by atoms with Gasteiger partial charge in [-0.05, 0) is 37.5 Å². The monoisotopic (exact) mass is 356 g/mol. The molecule has 0 spiro atoms. The van der Waals surface area contributed by atoms with E-state index in [0.717, 1.165) is 24.0 Å². The largest absolute Gasteiger partial charge is 0.472 e. The minimum Gasteiger partial charge on any atom is -0.472 e. The number of aromatic nitrogens is 4. The molecule has 3 aromatic rings. The number of furan rings is 1. The highest BCUT2D eigenvalue weighted by Gasteiger charge is 2.20. The molecule has 0 saturated carbocycles. The molecule has 3 aromatic heterocycles. The van der Waals surface area contributed by atoms with Gasteiger partial charge in [-0.3, -0.25) is 13.9 Å². The van der Waals surface area contributed by atoms with E-state index in [2.05, 4.69) is 4.98 Å². The van der Waals surface area contributed by atoms with E-state index in [4.69, 9.17) is 4.42 Å². The van der Waals surface area contributed by atoms with Gasteiger partial charge in [0.2, 0.25) is 0 Å². The van der Waals surface area contributed by atoms with Gasteiger partial charge in [-0.25, -0.2) is 9.78 Å². The Labute approximate surface area is 151 Å². The van der Waals surface area contributed by atoms with Crippen LogP contribution < -0.4 is 11.2 Å². The van der Waals surface area contributed by atoms with Crippen molar-refractivity contribution >= 4 is 22.8 Å². The van der Waals surface area contributed by atoms with Crippen LogP contribution in [0.1, 0.15) is 45.0 Å². The molecular formula is C19H24N4O3. The molecule has 0 amide bonds. The summed E-state index contributed by atoms with van der Waals surface area (Å²) in [5.74, 6) is 0.664. The Balaban J connectivity index is 2.31. The molecule has 0 radical (unpaired) electrons. The van der Waals surface area contributed by atoms with Crippen molar-refractivity contribution in [1.82, 2.24) is 18.7 Å². The molecular weight excluding hydrogens is 332 g/mol. The van der Waals surface area contributed by atoms with Gasteiger partial charge in [0.05, 0.1) is 12.5 Å². The molecule has 0 atom stereocenters. The Morgan fingerprint density at radius 3 is 2.50 bits per heavy atom. The van der Waals surface area contributed by atoms with Gasteiger partial charge in [0.15, 0.2) is 11.2 Å². The van der Waals surface area contributed by atoms with Crippen molar-refractivity contribution in [1.29, 1.82) is 0 Å². The summed E-state index contributed by atoms with van der Waals surface area (Å²) in [5.41, 5.74) is 2.16. The molecule has 7 nitrogen and oxygen atoms in total. The van der Waals surface area contributed by atoms with E-state index >= 15 is 0 Å². The molecule has 0 aliphatic heterocycles. The third-order valence-corrected chi connectivity index (χ3v) is 4.42. The molecule has 7 heteroatoms. The van der Waals surface area contributed by atoms with Crippen LogP contribution >= 0.6 is 0 Å². The lowest BCUT2D eigenvalue weighted by atomic mass is 10.2. The Bertz CT molecular complexity index is 1070. The van der Waals surface area contributed by atoms with E-state index < -0.39 is 0 Å². The van der Waals surface area contributed by atoms with Crippen LogP contribution in [0.4, 0.5) is 0 Å². The molecule has 0 unspecified atom stereocenters. The third kappa shape index (κ3) is 2.94. The number of imidazole rings is 1. The Kier molecular flexibility index (Phi) is 4.97. The summed E-state index contributed by atoms with van der Waals surface area (Å²) in [6.45, 7) is 6.82. The first-order valence-corrected chi connectivity index (χ1v) is 8.90. The number of nitrogens with zero attached hydrogens (tertiary/aromatic N) is 4. The first-order chi connectivity index (χ1) is 12.5. The van der Waals surface area contributed by atoms with Crippen molar-refractivity contribution in [3.05, 3.63) is 50.8 Å². The van der Waals surface area contributed by atoms with E-state index in [1.165, 1.54) is 4.57 Å². The van der Waals surface area contributed by atoms with Crippen LogP contribution in [0, 0.1) is 0 Å². The maximum atomic E-state index is 12.9. The lowest BCUT2D eigenvalue weighted by molar-refractivity contribution is 0.554. The van der Waals surface area contributed by atoms with Crippen LogP contribution in [0.25, 0.3) is 22.8 Å². The summed E-state index contributed by atoms with van der Waals surface area (Å²) >= 11 is 0. The van der Waals surface area contributed by atoms with E-state index in [0.29, 0.717) is 30.1 Å². The number of hydrogen-bond donors (Lipinski definition) is 0. The van der Waals surface area contributed by atoms with Gasteiger partial charge in [-0.15, -0.1) is 0 Å². The summed E-state index contributed by atoms with van der Waals surface area (Å²) in [5, 5.41) is 0. The van der Waals surface area contributed by atoms with Crippen LogP contribution in [0.3, 0.4) is 0 Å². The molecule has 0 aliphatic rings. The fourth-order valence-corrected chi connectivity index (χ4v) is 3.23. The summed E-state index contributed by atoms with van der Waals surface area (Å²) in [6, 6.07) is 1.85. The van der Waals surface area contributed by atoms with Crippen LogP contribution in [-0.2, 0) is 20.1 Å². The first kappa shape index (κ1) is 18.0. The number of aryl methyl sites for hydroxylation is 2. The summed E-state index contributed by atoms with van der Waals surface area (Å²) in [4.78, 5) is 30.4. The van der Waals surface area contributed by atoms with Crippen molar-refractivity contribution in [2.45, 2.75) is 46.7 Å². The molecule has 0 bridgehead atoms. The molecule has 0 aromatic carbocycles. The normalized spacial score (nSPS) is 12.2. The van der Waals surface area contributed by atoms with E-state index in [1.807, 2.05) is 40.0 Å². The minimum absolute atomic E-state index is 0.281. The second kappa shape index (κ2) is 7.19. The summed E-state index contributed by atoms with van der Waals surface area (Å²) in [6.07, 6.45) is 6.70. The first-order valence-electron chi connectivity index (χ1n) is 8.90. The van der Waals surface area contributed by atoms with E-state index in [1.54, 1.807) is 21.7 Å². The number of allylic oxidation sites excluding steroid dienone is 1. The minimum atomic E-state index is -0.285. The van der Waals surface area contributed by atoms with E-state index in [-0.39, 0.29) is 11.2 Å². The highest BCUT2D eigenvalue weighted by molar-refractivity contribution is 5.82. The predicted octanol–water partition coefficient (Wildman–Crippen LogP) is 2.87. The molecule has 3 rings (SSSR count). The van der Waals surface area contributed by atoms with Crippen LogP contribution in [0.5, 0.6) is 0 Å². The fourth-order valence-electron chi connectivity index (χ4n) is 3.23. The van der Waals surface area contributed by atoms with Crippen LogP contribution in [0.2, 0.25) is 0 Å². The standard InChI is InChI=1S/C19H24N4O3/c1-5-8-22-17-15(18(24)23(9-6-2)19(22)25)21(4)16(20-17)13(3)11-14-7-10-26-12-14/h7,10-12H,5-6,8-9H2,1-4H3/b13-11+. The molecule has 0 saturated heterocycles. The Hall–Kier alpha value is -2.83. The van der Waals surface area contributed by atoms with Gasteiger partial charge in [-0.1, -0.05) is 13.8 Å². The van der Waals surface area contributed by atoms with Crippen molar-refractivity contribution in [3.63, 3.8) is 0 Å². The number of hydrogen-bond acceptors (Lipinski definition) is 4. The highest BCUT2D eigenvalue weighted by Crippen LogP contribution is 2.20. The van der Waals surface area contributed by atoms with Gasteiger partial charge >= 0.3 is 5.69 Å². The average molecular weight is 356 g/mol. The molecule has 26 heavy (non-hydrogen) atoms. The van der Waals surface area contributed by atoms with Gasteiger partial charge < -0.3 is 8.98 Å². The van der Waals surface area contributed by atoms with Crippen molar-refractivity contribution in [2.24, 2.45) is 7.05 Å². The Morgan fingerprint density at radius 1 is 1.19 bits per heavy atom. The second-order valence-corrected chi connectivity index (χ2v) is 6.44. The zero-order valence-electron chi connectivity index (χ0n) is 15.7. The van der Waals surface area contributed by atoms with Gasteiger partial charge in [0.25, 0.3) is 5.56 Å². The number of fused-ring (bicyclic) bond motifs is 1. The predicted molar refractivity (Wildman–Crippen MR) is 102 cm³/mol. The summed E-state index contributed by atoms with van der Waals surface area (Å²) in [7, 11) is 1.82. The lowest BCUT2D eigenvalue weighted by Crippen LogP contribution is -2.40. The van der Waals surface area contributed by atoms with Crippen molar-refractivity contribution in [2.75, 3.05) is 0 Å². The molecule has 138 valence electrons. The van der Waals surface area contributed by atoms with Crippen molar-refractivity contribution in [3.8, 4) is 0 Å². The maximum absolute atomic E-state index is 12.9. The molecule has 0 aliphatic carbocycles. The Morgan fingerprint density at radius 2 is 1.88 bits per heavy atom. The van der Waals surface area contributed by atoms with E-state index in [9.17, 15) is 9.59 Å². The topological polar surface area (TPSA) is 75.0 Å². The zero-order valence-corrected chi connectivity index (χ0v) is 15.7. The smallest absolute Gasteiger partial charge is 0.332 e. The molecule has 0 fully saturated rings. The quantitative estimate of drug-likeness (QED) is 0.681. The third-order valence-electron chi connectivity index (χ3n) is 4.42. The lowest BCUT2D eigenvalue weighted by Gasteiger charge is -2.10. The van der Waals surface area contributed by atoms with Gasteiger partial charge in [0, 0.05) is 25.7 Å². The summed E-state index contributed by atoms with van der Waals surface area (Å²) < 4.78 is 9.81. The highest BCUT2D eigenvalue weighted by atomic mass is 16.3. The van der Waals surface area contributed by atoms with Crippen LogP contribution in [-0.4, -0.2) is 18.7 Å². The SMILES string of the molecule is CCCn1c(=O)c2c(nc(/C(C)=C/c3ccoc3)n2C)n(CCC)c1=O. The average Bonchev–Trinajstić information content (AvgIpc) is 3.23. The fraction of sp³-hybridized carbons (Fsp3) is 0.421. The zero-order chi connectivity index (χ0) is 18.8. The van der Waals surface area contributed by atoms with Crippen LogP contribution in [0.15, 0.2) is 32.6 Å².